The summed E-state index contributed by atoms with van der Waals surface area (Å²) in [7, 11) is -1.57. The molecule has 0 amide bonds. The predicted octanol–water partition coefficient (Wildman–Crippen LogP) is 4.17. The van der Waals surface area contributed by atoms with E-state index in [2.05, 4.69) is 25.7 Å². The molecular formula is C11H17ClOSi. The van der Waals surface area contributed by atoms with Gasteiger partial charge in [-0.2, -0.15) is 0 Å². The van der Waals surface area contributed by atoms with Gasteiger partial charge in [-0.1, -0.05) is 23.7 Å². The van der Waals surface area contributed by atoms with Gasteiger partial charge in [0.05, 0.1) is 5.02 Å². The van der Waals surface area contributed by atoms with E-state index < -0.39 is 8.32 Å². The van der Waals surface area contributed by atoms with E-state index in [9.17, 15) is 0 Å². The van der Waals surface area contributed by atoms with Gasteiger partial charge in [0.2, 0.25) is 8.32 Å². The molecule has 0 aliphatic heterocycles. The van der Waals surface area contributed by atoms with Crippen molar-refractivity contribution < 1.29 is 4.43 Å². The second-order valence-corrected chi connectivity index (χ2v) is 9.36. The molecule has 3 heteroatoms. The van der Waals surface area contributed by atoms with Crippen LogP contribution < -0.4 is 4.43 Å². The minimum absolute atomic E-state index is 0.757. The summed E-state index contributed by atoms with van der Waals surface area (Å²) in [6.07, 6.45) is 0. The second kappa shape index (κ2) is 3.95. The molecule has 0 N–H and O–H groups in total. The van der Waals surface area contributed by atoms with Crippen molar-refractivity contribution >= 4 is 19.9 Å². The Balaban J connectivity index is 3.13. The molecule has 0 bridgehead atoms. The molecular weight excluding hydrogens is 212 g/mol. The maximum Gasteiger partial charge on any atom is 0.242 e. The maximum absolute atomic E-state index is 6.20. The van der Waals surface area contributed by atoms with Gasteiger partial charge in [-0.3, -0.25) is 0 Å². The van der Waals surface area contributed by atoms with Crippen LogP contribution in [-0.2, 0) is 0 Å². The van der Waals surface area contributed by atoms with E-state index in [0.717, 1.165) is 21.9 Å². The molecule has 1 rings (SSSR count). The molecule has 1 aromatic rings. The van der Waals surface area contributed by atoms with E-state index in [1.54, 1.807) is 0 Å². The summed E-state index contributed by atoms with van der Waals surface area (Å²) in [5, 5.41) is 0.757. The Labute approximate surface area is 92.2 Å². The number of hydrogen-bond acceptors (Lipinski definition) is 1. The lowest BCUT2D eigenvalue weighted by molar-refractivity contribution is 0.553. The number of halogens is 1. The van der Waals surface area contributed by atoms with Gasteiger partial charge in [0.15, 0.2) is 0 Å². The van der Waals surface area contributed by atoms with Crippen LogP contribution in [-0.4, -0.2) is 8.32 Å². The summed E-state index contributed by atoms with van der Waals surface area (Å²) in [6.45, 7) is 10.5. The van der Waals surface area contributed by atoms with E-state index in [0.29, 0.717) is 0 Å². The lowest BCUT2D eigenvalue weighted by atomic mass is 10.1. The van der Waals surface area contributed by atoms with Gasteiger partial charge >= 0.3 is 0 Å². The van der Waals surface area contributed by atoms with Gasteiger partial charge in [0.1, 0.15) is 5.75 Å². The molecule has 0 fully saturated rings. The third-order valence-electron chi connectivity index (χ3n) is 1.90. The standard InChI is InChI=1S/C11H17ClOSi/c1-8-6-7-9(2)11(10(8)12)13-14(3,4)5/h6-7H,1-5H3. The zero-order valence-electron chi connectivity index (χ0n) is 9.44. The van der Waals surface area contributed by atoms with Gasteiger partial charge in [-0.25, -0.2) is 0 Å². The SMILES string of the molecule is Cc1ccc(C)c(O[Si](C)(C)C)c1Cl. The van der Waals surface area contributed by atoms with Crippen molar-refractivity contribution in [2.75, 3.05) is 0 Å². The lowest BCUT2D eigenvalue weighted by Gasteiger charge is -2.22. The fourth-order valence-corrected chi connectivity index (χ4v) is 2.37. The van der Waals surface area contributed by atoms with Crippen LogP contribution in [0.15, 0.2) is 12.1 Å². The minimum Gasteiger partial charge on any atom is -0.543 e. The third kappa shape index (κ3) is 2.76. The molecule has 1 aromatic carbocycles. The Morgan fingerprint density at radius 3 is 2.07 bits per heavy atom. The van der Waals surface area contributed by atoms with Crippen LogP contribution >= 0.6 is 11.6 Å². The maximum atomic E-state index is 6.20. The molecule has 1 nitrogen and oxygen atoms in total. The van der Waals surface area contributed by atoms with Crippen molar-refractivity contribution in [2.45, 2.75) is 33.5 Å². The Morgan fingerprint density at radius 1 is 1.07 bits per heavy atom. The highest BCUT2D eigenvalue weighted by molar-refractivity contribution is 6.70. The van der Waals surface area contributed by atoms with Crippen molar-refractivity contribution in [2.24, 2.45) is 0 Å². The normalized spacial score (nSPS) is 11.6. The molecule has 0 spiro atoms. The summed E-state index contributed by atoms with van der Waals surface area (Å²) in [6, 6.07) is 4.07. The average Bonchev–Trinajstić information content (AvgIpc) is 2.04. The van der Waals surface area contributed by atoms with Gasteiger partial charge in [-0.15, -0.1) is 0 Å². The molecule has 0 heterocycles. The van der Waals surface area contributed by atoms with Crippen LogP contribution in [0.3, 0.4) is 0 Å². The number of benzene rings is 1. The molecule has 0 radical (unpaired) electrons. The molecule has 0 saturated heterocycles. The van der Waals surface area contributed by atoms with Gasteiger partial charge < -0.3 is 4.43 Å². The van der Waals surface area contributed by atoms with Crippen LogP contribution in [0.1, 0.15) is 11.1 Å². The summed E-state index contributed by atoms with van der Waals surface area (Å²) >= 11 is 6.20. The first kappa shape index (κ1) is 11.6. The van der Waals surface area contributed by atoms with Crippen molar-refractivity contribution in [1.29, 1.82) is 0 Å². The number of rotatable bonds is 2. The van der Waals surface area contributed by atoms with Crippen LogP contribution in [0.5, 0.6) is 5.75 Å². The summed E-state index contributed by atoms with van der Waals surface area (Å²) in [4.78, 5) is 0. The highest BCUT2D eigenvalue weighted by atomic mass is 35.5. The summed E-state index contributed by atoms with van der Waals surface area (Å²) < 4.78 is 5.95. The zero-order chi connectivity index (χ0) is 10.9. The highest BCUT2D eigenvalue weighted by Crippen LogP contribution is 2.33. The van der Waals surface area contributed by atoms with E-state index in [4.69, 9.17) is 16.0 Å². The van der Waals surface area contributed by atoms with E-state index in [1.807, 2.05) is 19.9 Å². The molecule has 0 unspecified atom stereocenters. The zero-order valence-corrected chi connectivity index (χ0v) is 11.2. The van der Waals surface area contributed by atoms with Crippen LogP contribution in [0.2, 0.25) is 24.7 Å². The first-order chi connectivity index (χ1) is 6.31. The number of hydrogen-bond donors (Lipinski definition) is 0. The molecule has 0 atom stereocenters. The summed E-state index contributed by atoms with van der Waals surface area (Å²) in [5.74, 6) is 0.867. The molecule has 0 aromatic heterocycles. The molecule has 0 aliphatic rings. The third-order valence-corrected chi connectivity index (χ3v) is 3.18. The Kier molecular flexibility index (Phi) is 3.27. The first-order valence-electron chi connectivity index (χ1n) is 4.76. The van der Waals surface area contributed by atoms with Gasteiger partial charge in [0.25, 0.3) is 0 Å². The van der Waals surface area contributed by atoms with Crippen LogP contribution in [0, 0.1) is 13.8 Å². The van der Waals surface area contributed by atoms with E-state index in [1.165, 1.54) is 0 Å². The van der Waals surface area contributed by atoms with Crippen LogP contribution in [0.4, 0.5) is 0 Å². The van der Waals surface area contributed by atoms with Crippen LogP contribution in [0.25, 0.3) is 0 Å². The Hall–Kier alpha value is -0.473. The largest absolute Gasteiger partial charge is 0.543 e. The van der Waals surface area contributed by atoms with Crippen molar-refractivity contribution in [3.05, 3.63) is 28.3 Å². The lowest BCUT2D eigenvalue weighted by Crippen LogP contribution is -2.29. The quantitative estimate of drug-likeness (QED) is 0.691. The van der Waals surface area contributed by atoms with Crippen molar-refractivity contribution in [3.8, 4) is 5.75 Å². The Morgan fingerprint density at radius 2 is 1.57 bits per heavy atom. The minimum atomic E-state index is -1.57. The van der Waals surface area contributed by atoms with Gasteiger partial charge in [0, 0.05) is 0 Å². The van der Waals surface area contributed by atoms with Crippen molar-refractivity contribution in [3.63, 3.8) is 0 Å². The monoisotopic (exact) mass is 228 g/mol. The first-order valence-corrected chi connectivity index (χ1v) is 8.54. The molecule has 0 saturated carbocycles. The fourth-order valence-electron chi connectivity index (χ4n) is 1.18. The fraction of sp³-hybridized carbons (Fsp3) is 0.455. The topological polar surface area (TPSA) is 9.23 Å². The summed E-state index contributed by atoms with van der Waals surface area (Å²) in [5.41, 5.74) is 2.19. The highest BCUT2D eigenvalue weighted by Gasteiger charge is 2.19. The molecule has 0 aliphatic carbocycles. The average molecular weight is 229 g/mol. The smallest absolute Gasteiger partial charge is 0.242 e. The van der Waals surface area contributed by atoms with E-state index >= 15 is 0 Å². The molecule has 78 valence electrons. The van der Waals surface area contributed by atoms with Gasteiger partial charge in [-0.05, 0) is 44.6 Å². The predicted molar refractivity (Wildman–Crippen MR) is 64.9 cm³/mol. The van der Waals surface area contributed by atoms with Crippen molar-refractivity contribution in [1.82, 2.24) is 0 Å². The number of aryl methyl sites for hydroxylation is 2. The van der Waals surface area contributed by atoms with E-state index in [-0.39, 0.29) is 0 Å². The molecule has 14 heavy (non-hydrogen) atoms. The Bertz CT molecular complexity index is 342. The second-order valence-electron chi connectivity index (χ2n) is 4.56.